The molecule has 0 bridgehead atoms. The lowest BCUT2D eigenvalue weighted by Gasteiger charge is -2.43. The average molecular weight is 543 g/mol. The molecule has 2 saturated carbocycles. The number of rotatable bonds is 9. The van der Waals surface area contributed by atoms with Crippen LogP contribution in [0.5, 0.6) is 0 Å². The van der Waals surface area contributed by atoms with Gasteiger partial charge < -0.3 is 10.4 Å². The first-order chi connectivity index (χ1) is 17.2. The maximum Gasteiger partial charge on any atom is 0.281 e. The van der Waals surface area contributed by atoms with Crippen LogP contribution in [0.25, 0.3) is 0 Å². The van der Waals surface area contributed by atoms with Crippen LogP contribution in [0.3, 0.4) is 0 Å². The normalized spacial score (nSPS) is 26.8. The fourth-order valence-electron chi connectivity index (χ4n) is 6.00. The fraction of sp³-hybridized carbons (Fsp3) is 0.880. The van der Waals surface area contributed by atoms with Gasteiger partial charge in [0.1, 0.15) is 0 Å². The summed E-state index contributed by atoms with van der Waals surface area (Å²) in [7, 11) is -0.196. The minimum Gasteiger partial charge on any atom is -0.361 e. The molecule has 2 N–H and O–H groups in total. The molecule has 0 radical (unpaired) electrons. The van der Waals surface area contributed by atoms with Crippen LogP contribution >= 0.6 is 11.3 Å². The number of aromatic nitrogens is 1. The van der Waals surface area contributed by atoms with Crippen LogP contribution in [0, 0.1) is 5.92 Å². The summed E-state index contributed by atoms with van der Waals surface area (Å²) in [6.07, 6.45) is 13.4. The van der Waals surface area contributed by atoms with E-state index in [1.807, 2.05) is 6.20 Å². The van der Waals surface area contributed by atoms with Crippen molar-refractivity contribution in [3.8, 4) is 0 Å². The van der Waals surface area contributed by atoms with Crippen LogP contribution in [0.2, 0.25) is 0 Å². The first-order valence-electron chi connectivity index (χ1n) is 13.8. The van der Waals surface area contributed by atoms with Crippen LogP contribution in [-0.4, -0.2) is 95.6 Å². The van der Waals surface area contributed by atoms with Gasteiger partial charge in [0.25, 0.3) is 10.2 Å². The third-order valence-electron chi connectivity index (χ3n) is 8.24. The minimum absolute atomic E-state index is 0.431. The second kappa shape index (κ2) is 12.8. The first kappa shape index (κ1) is 28.2. The predicted octanol–water partition coefficient (Wildman–Crippen LogP) is 3.36. The molecule has 11 heteroatoms. The average Bonchev–Trinajstić information content (AvgIpc) is 3.11. The topological polar surface area (TPSA) is 92.2 Å². The molecule has 1 atom stereocenters. The maximum atomic E-state index is 12.4. The van der Waals surface area contributed by atoms with Gasteiger partial charge in [-0.3, -0.25) is 9.80 Å². The molecule has 3 fully saturated rings. The molecule has 1 aromatic heterocycles. The number of hydrogen-bond acceptors (Lipinski definition) is 8. The van der Waals surface area contributed by atoms with Crippen LogP contribution in [-0.2, 0) is 16.8 Å². The Hall–Kier alpha value is -0.820. The van der Waals surface area contributed by atoms with E-state index < -0.39 is 16.6 Å². The Morgan fingerprint density at radius 3 is 2.25 bits per heavy atom. The zero-order valence-corrected chi connectivity index (χ0v) is 23.9. The number of aliphatic hydroxyl groups is 1. The van der Waals surface area contributed by atoms with Gasteiger partial charge in [-0.15, -0.1) is 11.3 Å². The standard InChI is InChI=1S/C25H46N6O3S2/c1-20-10-12-22(13-11-20)31(21-8-6-4-5-7-9-21)25(32)27-24-26-18-23(35-24)19-29-14-16-30(17-15-29)36(33,34)28(2)3/h18,20-22,25,32H,4-17,19H2,1-3H3,(H,26,27). The van der Waals surface area contributed by atoms with E-state index in [4.69, 9.17) is 0 Å². The lowest BCUT2D eigenvalue weighted by atomic mass is 9.85. The molecule has 1 aromatic rings. The van der Waals surface area contributed by atoms with Crippen molar-refractivity contribution in [3.05, 3.63) is 11.1 Å². The lowest BCUT2D eigenvalue weighted by Crippen LogP contribution is -2.53. The molecule has 4 rings (SSSR count). The van der Waals surface area contributed by atoms with Crippen molar-refractivity contribution in [3.63, 3.8) is 0 Å². The molecular formula is C25H46N6O3S2. The summed E-state index contributed by atoms with van der Waals surface area (Å²) in [4.78, 5) is 10.4. The maximum absolute atomic E-state index is 12.4. The van der Waals surface area contributed by atoms with Crippen LogP contribution in [0.1, 0.15) is 76.0 Å². The molecule has 3 aliphatic rings. The van der Waals surface area contributed by atoms with Crippen molar-refractivity contribution in [2.24, 2.45) is 5.92 Å². The molecule has 2 aliphatic carbocycles. The van der Waals surface area contributed by atoms with Gasteiger partial charge >= 0.3 is 0 Å². The number of nitrogens with one attached hydrogen (secondary N) is 1. The van der Waals surface area contributed by atoms with Gasteiger partial charge in [0.2, 0.25) is 0 Å². The monoisotopic (exact) mass is 542 g/mol. The molecule has 206 valence electrons. The third kappa shape index (κ3) is 7.18. The highest BCUT2D eigenvalue weighted by molar-refractivity contribution is 7.86. The van der Waals surface area contributed by atoms with Gasteiger partial charge in [0.05, 0.1) is 0 Å². The van der Waals surface area contributed by atoms with Crippen molar-refractivity contribution in [2.45, 2.75) is 96.1 Å². The van der Waals surface area contributed by atoms with Crippen molar-refractivity contribution >= 4 is 26.7 Å². The van der Waals surface area contributed by atoms with E-state index in [9.17, 15) is 13.5 Å². The van der Waals surface area contributed by atoms with Crippen LogP contribution < -0.4 is 5.32 Å². The lowest BCUT2D eigenvalue weighted by molar-refractivity contribution is -0.0524. The van der Waals surface area contributed by atoms with Gasteiger partial charge in [0, 0.05) is 70.0 Å². The molecular weight excluding hydrogens is 496 g/mol. The fourth-order valence-corrected chi connectivity index (χ4v) is 7.95. The second-order valence-corrected chi connectivity index (χ2v) is 14.4. The summed E-state index contributed by atoms with van der Waals surface area (Å²) in [5, 5.41) is 15.5. The Morgan fingerprint density at radius 2 is 1.64 bits per heavy atom. The summed E-state index contributed by atoms with van der Waals surface area (Å²) in [6.45, 7) is 5.49. The van der Waals surface area contributed by atoms with E-state index in [-0.39, 0.29) is 0 Å². The number of aliphatic hydroxyl groups excluding tert-OH is 1. The van der Waals surface area contributed by atoms with Crippen molar-refractivity contribution in [1.29, 1.82) is 0 Å². The molecule has 9 nitrogen and oxygen atoms in total. The van der Waals surface area contributed by atoms with Crippen molar-refractivity contribution in [1.82, 2.24) is 23.4 Å². The SMILES string of the molecule is CC1CCC(N(C2CCCCCC2)C(O)Nc2ncc(CN3CCN(S(=O)(=O)N(C)C)CC3)s2)CC1. The Bertz CT molecular complexity index is 903. The van der Waals surface area contributed by atoms with E-state index >= 15 is 0 Å². The number of nitrogens with zero attached hydrogens (tertiary/aromatic N) is 5. The third-order valence-corrected chi connectivity index (χ3v) is 11.1. The molecule has 1 aliphatic heterocycles. The Morgan fingerprint density at radius 1 is 1.03 bits per heavy atom. The smallest absolute Gasteiger partial charge is 0.281 e. The van der Waals surface area contributed by atoms with E-state index in [0.29, 0.717) is 38.3 Å². The Labute approximate surface area is 222 Å². The summed E-state index contributed by atoms with van der Waals surface area (Å²) in [6, 6.07) is 0.864. The number of anilines is 1. The number of thiazole rings is 1. The molecule has 2 heterocycles. The largest absolute Gasteiger partial charge is 0.361 e. The van der Waals surface area contributed by atoms with E-state index in [1.54, 1.807) is 29.7 Å². The summed E-state index contributed by atoms with van der Waals surface area (Å²) in [5.41, 5.74) is 0. The molecule has 1 unspecified atom stereocenters. The second-order valence-electron chi connectivity index (χ2n) is 11.1. The van der Waals surface area contributed by atoms with E-state index in [1.165, 1.54) is 55.7 Å². The zero-order chi connectivity index (χ0) is 25.7. The van der Waals surface area contributed by atoms with Gasteiger partial charge in [-0.25, -0.2) is 4.98 Å². The molecule has 0 amide bonds. The highest BCUT2D eigenvalue weighted by Gasteiger charge is 2.34. The molecule has 0 spiro atoms. The van der Waals surface area contributed by atoms with Crippen molar-refractivity contribution in [2.75, 3.05) is 45.6 Å². The van der Waals surface area contributed by atoms with Crippen LogP contribution in [0.4, 0.5) is 5.13 Å². The molecule has 0 aromatic carbocycles. The minimum atomic E-state index is -3.35. The first-order valence-corrected chi connectivity index (χ1v) is 16.0. The number of hydrogen-bond donors (Lipinski definition) is 2. The summed E-state index contributed by atoms with van der Waals surface area (Å²) in [5.74, 6) is 0.786. The highest BCUT2D eigenvalue weighted by atomic mass is 32.2. The predicted molar refractivity (Wildman–Crippen MR) is 146 cm³/mol. The van der Waals surface area contributed by atoms with Gasteiger partial charge in [-0.1, -0.05) is 32.6 Å². The van der Waals surface area contributed by atoms with Gasteiger partial charge in [-0.05, 0) is 44.4 Å². The van der Waals surface area contributed by atoms with E-state index in [2.05, 4.69) is 27.0 Å². The summed E-state index contributed by atoms with van der Waals surface area (Å²) < 4.78 is 27.6. The zero-order valence-electron chi connectivity index (χ0n) is 22.3. The Kier molecular flexibility index (Phi) is 10.0. The molecule has 1 saturated heterocycles. The van der Waals surface area contributed by atoms with E-state index in [0.717, 1.165) is 35.3 Å². The quantitative estimate of drug-likeness (QED) is 0.365. The highest BCUT2D eigenvalue weighted by Crippen LogP contribution is 2.33. The number of piperazine rings is 1. The van der Waals surface area contributed by atoms with Gasteiger partial charge in [-0.2, -0.15) is 17.0 Å². The Balaban J connectivity index is 1.34. The van der Waals surface area contributed by atoms with Crippen molar-refractivity contribution < 1.29 is 13.5 Å². The molecule has 36 heavy (non-hydrogen) atoms. The summed E-state index contributed by atoms with van der Waals surface area (Å²) >= 11 is 1.59. The van der Waals surface area contributed by atoms with Gasteiger partial charge in [0.15, 0.2) is 11.5 Å². The van der Waals surface area contributed by atoms with Crippen LogP contribution in [0.15, 0.2) is 6.20 Å².